The van der Waals surface area contributed by atoms with Crippen LogP contribution in [0, 0.1) is 11.7 Å². The lowest BCUT2D eigenvalue weighted by Crippen LogP contribution is -2.50. The number of carbonyl (C=O) groups is 3. The maximum atomic E-state index is 15.8. The van der Waals surface area contributed by atoms with Crippen LogP contribution in [0.1, 0.15) is 31.7 Å². The van der Waals surface area contributed by atoms with Gasteiger partial charge in [-0.15, -0.1) is 0 Å². The van der Waals surface area contributed by atoms with Crippen molar-refractivity contribution in [3.8, 4) is 0 Å². The molecule has 5 rings (SSSR count). The number of nitrogens with zero attached hydrogens (tertiary/aromatic N) is 4. The van der Waals surface area contributed by atoms with E-state index >= 15 is 4.39 Å². The number of ether oxygens (including phenoxy) is 1. The topological polar surface area (TPSA) is 94.5 Å². The number of piperazine rings is 1. The van der Waals surface area contributed by atoms with E-state index in [1.54, 1.807) is 6.08 Å². The fraction of sp³-hybridized carbons (Fsp3) is 0.517. The number of aliphatic imine (C=N–C) groups is 1. The number of hydrogen-bond acceptors (Lipinski definition) is 6. The zero-order chi connectivity index (χ0) is 31.1. The second-order valence-corrected chi connectivity index (χ2v) is 11.4. The van der Waals surface area contributed by atoms with E-state index in [9.17, 15) is 31.9 Å². The third-order valence-corrected chi connectivity index (χ3v) is 8.25. The highest BCUT2D eigenvalue weighted by Crippen LogP contribution is 2.40. The summed E-state index contributed by atoms with van der Waals surface area (Å²) in [6, 6.07) is 2.76. The summed E-state index contributed by atoms with van der Waals surface area (Å²) in [5, 5.41) is 2.65. The van der Waals surface area contributed by atoms with Crippen LogP contribution >= 0.6 is 0 Å². The number of hydrogen-bond donors (Lipinski definition) is 1. The summed E-state index contributed by atoms with van der Waals surface area (Å²) in [7, 11) is 1.96. The number of benzene rings is 1. The summed E-state index contributed by atoms with van der Waals surface area (Å²) >= 11 is 0. The monoisotopic (exact) mass is 609 g/mol. The first kappa shape index (κ1) is 30.6. The van der Waals surface area contributed by atoms with E-state index in [2.05, 4.69) is 15.2 Å². The molecule has 1 saturated carbocycles. The summed E-state index contributed by atoms with van der Waals surface area (Å²) in [6.45, 7) is 3.84. The average Bonchev–Trinajstić information content (AvgIpc) is 2.94. The van der Waals surface area contributed by atoms with Crippen LogP contribution in [0.2, 0.25) is 0 Å². The standard InChI is InChI=1S/C29H32F5N5O4/c1-16-14-38(7-6-37(16)2)24-10-22(30)19(8-23(24)36-27(41)21-13-35-25(40)9-20(21)26(31)32)17-4-3-5-39(15-17)28(42)43-18-11-29(33,34)12-18/h4,8-10,13,16,18,21,26H,3,5-7,11-12,14-15H2,1-2H3,(H,36,41)/t16-,21?/m0/s1. The largest absolute Gasteiger partial charge is 0.446 e. The number of rotatable bonds is 6. The fourth-order valence-corrected chi connectivity index (χ4v) is 5.57. The van der Waals surface area contributed by atoms with Crippen molar-refractivity contribution >= 4 is 41.1 Å². The van der Waals surface area contributed by atoms with Gasteiger partial charge in [0.1, 0.15) is 17.8 Å². The van der Waals surface area contributed by atoms with Crippen LogP contribution in [0.4, 0.5) is 38.1 Å². The lowest BCUT2D eigenvalue weighted by molar-refractivity contribution is -0.147. The van der Waals surface area contributed by atoms with E-state index < -0.39 is 66.5 Å². The van der Waals surface area contributed by atoms with E-state index in [4.69, 9.17) is 4.74 Å². The van der Waals surface area contributed by atoms with Crippen LogP contribution in [0.15, 0.2) is 34.9 Å². The third kappa shape index (κ3) is 6.73. The first-order valence-electron chi connectivity index (χ1n) is 14.0. The van der Waals surface area contributed by atoms with Gasteiger partial charge in [0.05, 0.1) is 11.4 Å². The Morgan fingerprint density at radius 3 is 2.58 bits per heavy atom. The molecule has 0 spiro atoms. The Bertz CT molecular complexity index is 1390. The molecule has 1 N–H and O–H groups in total. The van der Waals surface area contributed by atoms with Crippen LogP contribution < -0.4 is 10.2 Å². The molecule has 2 fully saturated rings. The quantitative estimate of drug-likeness (QED) is 0.483. The van der Waals surface area contributed by atoms with Gasteiger partial charge in [0.25, 0.3) is 18.3 Å². The van der Waals surface area contributed by atoms with Gasteiger partial charge in [-0.1, -0.05) is 6.08 Å². The Morgan fingerprint density at radius 1 is 1.16 bits per heavy atom. The van der Waals surface area contributed by atoms with Crippen LogP contribution in [-0.4, -0.2) is 98.2 Å². The predicted molar refractivity (Wildman–Crippen MR) is 149 cm³/mol. The normalized spacial score (nSPS) is 24.4. The molecule has 1 aliphatic carbocycles. The lowest BCUT2D eigenvalue weighted by atomic mass is 9.91. The Balaban J connectivity index is 1.42. The van der Waals surface area contributed by atoms with Gasteiger partial charge in [-0.2, -0.15) is 0 Å². The van der Waals surface area contributed by atoms with Crippen molar-refractivity contribution in [2.45, 2.75) is 50.7 Å². The minimum absolute atomic E-state index is 0.0627. The van der Waals surface area contributed by atoms with Gasteiger partial charge >= 0.3 is 6.09 Å². The first-order valence-corrected chi connectivity index (χ1v) is 14.0. The molecule has 1 aromatic carbocycles. The lowest BCUT2D eigenvalue weighted by Gasteiger charge is -2.40. The van der Waals surface area contributed by atoms with Crippen LogP contribution in [-0.2, 0) is 14.3 Å². The number of amides is 3. The summed E-state index contributed by atoms with van der Waals surface area (Å²) in [4.78, 5) is 46.4. The number of halogens is 5. The molecule has 0 aromatic heterocycles. The molecule has 3 aliphatic heterocycles. The molecule has 43 heavy (non-hydrogen) atoms. The smallest absolute Gasteiger partial charge is 0.410 e. The van der Waals surface area contributed by atoms with Crippen molar-refractivity contribution in [1.82, 2.24) is 9.80 Å². The first-order chi connectivity index (χ1) is 20.3. The molecule has 3 heterocycles. The summed E-state index contributed by atoms with van der Waals surface area (Å²) in [6.07, 6.45) is -2.22. The van der Waals surface area contributed by atoms with Gasteiger partial charge in [-0.25, -0.2) is 31.7 Å². The Labute approximate surface area is 245 Å². The number of nitrogens with one attached hydrogen (secondary N) is 1. The molecule has 14 heteroatoms. The second kappa shape index (κ2) is 12.1. The third-order valence-electron chi connectivity index (χ3n) is 8.25. The molecule has 2 atom stereocenters. The summed E-state index contributed by atoms with van der Waals surface area (Å²) < 4.78 is 74.7. The molecular formula is C29H32F5N5O4. The average molecular weight is 610 g/mol. The summed E-state index contributed by atoms with van der Waals surface area (Å²) in [5.41, 5.74) is 0.300. The van der Waals surface area contributed by atoms with E-state index in [0.29, 0.717) is 43.4 Å². The van der Waals surface area contributed by atoms with Gasteiger partial charge in [0, 0.05) is 75.0 Å². The molecule has 3 amide bonds. The van der Waals surface area contributed by atoms with Crippen molar-refractivity contribution in [2.75, 3.05) is 50.0 Å². The minimum Gasteiger partial charge on any atom is -0.446 e. The summed E-state index contributed by atoms with van der Waals surface area (Å²) in [5.74, 6) is -6.75. The van der Waals surface area contributed by atoms with Gasteiger partial charge < -0.3 is 24.8 Å². The molecule has 4 aliphatic rings. The van der Waals surface area contributed by atoms with Gasteiger partial charge in [0.15, 0.2) is 0 Å². The maximum Gasteiger partial charge on any atom is 0.410 e. The second-order valence-electron chi connectivity index (χ2n) is 11.4. The highest BCUT2D eigenvalue weighted by Gasteiger charge is 2.48. The zero-order valence-electron chi connectivity index (χ0n) is 23.7. The molecule has 0 bridgehead atoms. The fourth-order valence-electron chi connectivity index (χ4n) is 5.57. The van der Waals surface area contributed by atoms with E-state index in [1.807, 2.05) is 18.9 Å². The number of anilines is 2. The van der Waals surface area contributed by atoms with E-state index in [-0.39, 0.29) is 30.4 Å². The van der Waals surface area contributed by atoms with Crippen LogP contribution in [0.3, 0.4) is 0 Å². The van der Waals surface area contributed by atoms with E-state index in [0.717, 1.165) is 6.21 Å². The van der Waals surface area contributed by atoms with Gasteiger partial charge in [-0.3, -0.25) is 9.59 Å². The number of alkyl halides is 4. The number of carbonyl (C=O) groups excluding carboxylic acids is 3. The minimum atomic E-state index is -3.07. The molecular weight excluding hydrogens is 577 g/mol. The van der Waals surface area contributed by atoms with Crippen molar-refractivity contribution in [3.05, 3.63) is 41.2 Å². The molecule has 1 saturated heterocycles. The highest BCUT2D eigenvalue weighted by atomic mass is 19.3. The Morgan fingerprint density at radius 2 is 1.91 bits per heavy atom. The molecule has 0 radical (unpaired) electrons. The van der Waals surface area contributed by atoms with Crippen LogP contribution in [0.25, 0.3) is 5.57 Å². The predicted octanol–water partition coefficient (Wildman–Crippen LogP) is 4.35. The van der Waals surface area contributed by atoms with Crippen LogP contribution in [0.5, 0.6) is 0 Å². The van der Waals surface area contributed by atoms with Crippen molar-refractivity contribution in [1.29, 1.82) is 0 Å². The van der Waals surface area contributed by atoms with Gasteiger partial charge in [-0.05, 0) is 38.1 Å². The van der Waals surface area contributed by atoms with E-state index in [1.165, 1.54) is 17.0 Å². The molecule has 1 unspecified atom stereocenters. The highest BCUT2D eigenvalue weighted by molar-refractivity contribution is 6.11. The van der Waals surface area contributed by atoms with Crippen molar-refractivity contribution < 1.29 is 41.1 Å². The zero-order valence-corrected chi connectivity index (χ0v) is 23.7. The Hall–Kier alpha value is -3.81. The maximum absolute atomic E-state index is 15.8. The van der Waals surface area contributed by atoms with Crippen molar-refractivity contribution in [3.63, 3.8) is 0 Å². The molecule has 1 aromatic rings. The number of likely N-dealkylation sites (N-methyl/N-ethyl adjacent to an activating group) is 1. The molecule has 232 valence electrons. The van der Waals surface area contributed by atoms with Gasteiger partial charge in [0.2, 0.25) is 5.91 Å². The SMILES string of the molecule is C[C@H]1CN(c2cc(F)c(C3=CCCN(C(=O)OC4CC(F)(F)C4)C3)cc2NC(=O)C2C=NC(=O)C=C2C(F)F)CCN1C. The molecule has 9 nitrogen and oxygen atoms in total. The number of dihydropyridines is 1. The van der Waals surface area contributed by atoms with Crippen molar-refractivity contribution in [2.24, 2.45) is 10.9 Å². The Kier molecular flexibility index (Phi) is 8.59.